The summed E-state index contributed by atoms with van der Waals surface area (Å²) in [4.78, 5) is 0. The second kappa shape index (κ2) is 7.83. The number of thioether (sulfide) groups is 1. The van der Waals surface area contributed by atoms with Crippen LogP contribution in [0.5, 0.6) is 11.5 Å². The molecule has 0 spiro atoms. The first-order chi connectivity index (χ1) is 12.8. The Bertz CT molecular complexity index is 880. The molecule has 4 rings (SSSR count). The Morgan fingerprint density at radius 3 is 2.73 bits per heavy atom. The third-order valence-corrected chi connectivity index (χ3v) is 5.31. The Balaban J connectivity index is 1.66. The SMILES string of the molecule is CCCCSc1nnc(-c2ccccc2)n1Cc1ccc2c(c1)OCO2. The smallest absolute Gasteiger partial charge is 0.231 e. The summed E-state index contributed by atoms with van der Waals surface area (Å²) in [6.45, 7) is 3.19. The number of benzene rings is 2. The van der Waals surface area contributed by atoms with Crippen LogP contribution in [0.3, 0.4) is 0 Å². The maximum atomic E-state index is 5.51. The number of ether oxygens (including phenoxy) is 2. The van der Waals surface area contributed by atoms with E-state index in [-0.39, 0.29) is 0 Å². The first-order valence-electron chi connectivity index (χ1n) is 8.85. The van der Waals surface area contributed by atoms with Crippen molar-refractivity contribution in [2.75, 3.05) is 12.5 Å². The number of hydrogen-bond donors (Lipinski definition) is 0. The van der Waals surface area contributed by atoms with Crippen LogP contribution >= 0.6 is 11.8 Å². The van der Waals surface area contributed by atoms with E-state index in [4.69, 9.17) is 9.47 Å². The Kier molecular flexibility index (Phi) is 5.11. The van der Waals surface area contributed by atoms with E-state index >= 15 is 0 Å². The van der Waals surface area contributed by atoms with Crippen molar-refractivity contribution < 1.29 is 9.47 Å². The van der Waals surface area contributed by atoms with Crippen molar-refractivity contribution in [3.8, 4) is 22.9 Å². The van der Waals surface area contributed by atoms with Crippen LogP contribution in [0.2, 0.25) is 0 Å². The summed E-state index contributed by atoms with van der Waals surface area (Å²) in [5, 5.41) is 9.88. The van der Waals surface area contributed by atoms with Crippen LogP contribution in [0.1, 0.15) is 25.3 Å². The Morgan fingerprint density at radius 1 is 1.04 bits per heavy atom. The molecule has 2 heterocycles. The lowest BCUT2D eigenvalue weighted by Gasteiger charge is -2.11. The predicted molar refractivity (Wildman–Crippen MR) is 103 cm³/mol. The number of hydrogen-bond acceptors (Lipinski definition) is 5. The molecule has 0 aliphatic carbocycles. The van der Waals surface area contributed by atoms with Gasteiger partial charge in [0.25, 0.3) is 0 Å². The highest BCUT2D eigenvalue weighted by Gasteiger charge is 2.17. The third-order valence-electron chi connectivity index (χ3n) is 4.26. The van der Waals surface area contributed by atoms with Gasteiger partial charge in [-0.15, -0.1) is 10.2 Å². The molecule has 0 radical (unpaired) electrons. The van der Waals surface area contributed by atoms with E-state index in [0.717, 1.165) is 39.4 Å². The maximum absolute atomic E-state index is 5.51. The van der Waals surface area contributed by atoms with E-state index in [0.29, 0.717) is 13.3 Å². The van der Waals surface area contributed by atoms with Crippen molar-refractivity contribution >= 4 is 11.8 Å². The molecule has 0 amide bonds. The molecular formula is C20H21N3O2S. The van der Waals surface area contributed by atoms with Gasteiger partial charge < -0.3 is 9.47 Å². The van der Waals surface area contributed by atoms with E-state index in [2.05, 4.69) is 39.9 Å². The zero-order chi connectivity index (χ0) is 17.8. The summed E-state index contributed by atoms with van der Waals surface area (Å²) in [6.07, 6.45) is 2.34. The number of nitrogens with zero attached hydrogens (tertiary/aromatic N) is 3. The molecule has 0 saturated carbocycles. The van der Waals surface area contributed by atoms with Gasteiger partial charge in [0.1, 0.15) is 0 Å². The molecule has 1 aliphatic heterocycles. The van der Waals surface area contributed by atoms with Crippen molar-refractivity contribution in [3.63, 3.8) is 0 Å². The second-order valence-electron chi connectivity index (χ2n) is 6.15. The van der Waals surface area contributed by atoms with Crippen molar-refractivity contribution in [2.45, 2.75) is 31.5 Å². The molecule has 1 aliphatic rings. The molecule has 5 nitrogen and oxygen atoms in total. The summed E-state index contributed by atoms with van der Waals surface area (Å²) < 4.78 is 13.1. The highest BCUT2D eigenvalue weighted by molar-refractivity contribution is 7.99. The largest absolute Gasteiger partial charge is 0.454 e. The molecule has 0 fully saturated rings. The predicted octanol–water partition coefficient (Wildman–Crippen LogP) is 4.61. The first-order valence-corrected chi connectivity index (χ1v) is 9.83. The second-order valence-corrected chi connectivity index (χ2v) is 7.21. The lowest BCUT2D eigenvalue weighted by molar-refractivity contribution is 0.174. The fourth-order valence-electron chi connectivity index (χ4n) is 2.87. The lowest BCUT2D eigenvalue weighted by atomic mass is 10.2. The van der Waals surface area contributed by atoms with Gasteiger partial charge in [0.2, 0.25) is 6.79 Å². The van der Waals surface area contributed by atoms with Gasteiger partial charge in [-0.1, -0.05) is 61.5 Å². The van der Waals surface area contributed by atoms with E-state index < -0.39 is 0 Å². The molecule has 0 saturated heterocycles. The van der Waals surface area contributed by atoms with E-state index in [9.17, 15) is 0 Å². The minimum atomic E-state index is 0.290. The molecule has 2 aromatic carbocycles. The zero-order valence-corrected chi connectivity index (χ0v) is 15.5. The molecule has 134 valence electrons. The fraction of sp³-hybridized carbons (Fsp3) is 0.300. The summed E-state index contributed by atoms with van der Waals surface area (Å²) >= 11 is 1.77. The van der Waals surface area contributed by atoms with Crippen LogP contribution in [-0.2, 0) is 6.54 Å². The van der Waals surface area contributed by atoms with Crippen LogP contribution < -0.4 is 9.47 Å². The maximum Gasteiger partial charge on any atom is 0.231 e. The summed E-state index contributed by atoms with van der Waals surface area (Å²) in [5.74, 6) is 3.54. The first kappa shape index (κ1) is 17.0. The molecule has 6 heteroatoms. The Hall–Kier alpha value is -2.47. The van der Waals surface area contributed by atoms with Crippen molar-refractivity contribution in [3.05, 3.63) is 54.1 Å². The van der Waals surface area contributed by atoms with Crippen molar-refractivity contribution in [1.82, 2.24) is 14.8 Å². The Morgan fingerprint density at radius 2 is 1.88 bits per heavy atom. The molecule has 3 aromatic rings. The monoisotopic (exact) mass is 367 g/mol. The Labute approximate surface area is 157 Å². The molecule has 0 N–H and O–H groups in total. The van der Waals surface area contributed by atoms with Gasteiger partial charge in [-0.3, -0.25) is 4.57 Å². The fourth-order valence-corrected chi connectivity index (χ4v) is 3.89. The van der Waals surface area contributed by atoms with Crippen LogP contribution in [-0.4, -0.2) is 27.3 Å². The van der Waals surface area contributed by atoms with Crippen LogP contribution in [0.25, 0.3) is 11.4 Å². The van der Waals surface area contributed by atoms with Gasteiger partial charge in [0, 0.05) is 11.3 Å². The number of rotatable bonds is 7. The molecular weight excluding hydrogens is 346 g/mol. The normalized spacial score (nSPS) is 12.5. The number of fused-ring (bicyclic) bond motifs is 1. The zero-order valence-electron chi connectivity index (χ0n) is 14.7. The van der Waals surface area contributed by atoms with Gasteiger partial charge in [0.15, 0.2) is 22.5 Å². The van der Waals surface area contributed by atoms with Crippen LogP contribution in [0.15, 0.2) is 53.7 Å². The number of aromatic nitrogens is 3. The average Bonchev–Trinajstić information content (AvgIpc) is 3.30. The third kappa shape index (κ3) is 3.55. The van der Waals surface area contributed by atoms with Crippen molar-refractivity contribution in [2.24, 2.45) is 0 Å². The molecule has 0 unspecified atom stereocenters. The summed E-state index contributed by atoms with van der Waals surface area (Å²) in [5.41, 5.74) is 2.21. The minimum Gasteiger partial charge on any atom is -0.454 e. The highest BCUT2D eigenvalue weighted by atomic mass is 32.2. The van der Waals surface area contributed by atoms with Gasteiger partial charge in [0.05, 0.1) is 6.54 Å². The summed E-state index contributed by atoms with van der Waals surface area (Å²) in [7, 11) is 0. The molecule has 1 aromatic heterocycles. The van der Waals surface area contributed by atoms with E-state index in [1.54, 1.807) is 11.8 Å². The van der Waals surface area contributed by atoms with Gasteiger partial charge in [-0.25, -0.2) is 0 Å². The summed E-state index contributed by atoms with van der Waals surface area (Å²) in [6, 6.07) is 16.3. The average molecular weight is 367 g/mol. The van der Waals surface area contributed by atoms with Crippen LogP contribution in [0.4, 0.5) is 0 Å². The topological polar surface area (TPSA) is 49.2 Å². The van der Waals surface area contributed by atoms with Gasteiger partial charge in [-0.05, 0) is 24.1 Å². The van der Waals surface area contributed by atoms with Gasteiger partial charge in [-0.2, -0.15) is 0 Å². The van der Waals surface area contributed by atoms with Crippen LogP contribution in [0, 0.1) is 0 Å². The minimum absolute atomic E-state index is 0.290. The quantitative estimate of drug-likeness (QED) is 0.451. The van der Waals surface area contributed by atoms with Crippen molar-refractivity contribution in [1.29, 1.82) is 0 Å². The molecule has 26 heavy (non-hydrogen) atoms. The van der Waals surface area contributed by atoms with Gasteiger partial charge >= 0.3 is 0 Å². The highest BCUT2D eigenvalue weighted by Crippen LogP contribution is 2.33. The molecule has 0 atom stereocenters. The standard InChI is InChI=1S/C20H21N3O2S/c1-2-3-11-26-20-22-21-19(16-7-5-4-6-8-16)23(20)13-15-9-10-17-18(12-15)25-14-24-17/h4-10,12H,2-3,11,13-14H2,1H3. The van der Waals surface area contributed by atoms with E-state index in [1.807, 2.05) is 30.3 Å². The number of unbranched alkanes of at least 4 members (excludes halogenated alkanes) is 1. The van der Waals surface area contributed by atoms with E-state index in [1.165, 1.54) is 12.8 Å². The lowest BCUT2D eigenvalue weighted by Crippen LogP contribution is -2.04. The molecule has 0 bridgehead atoms.